The van der Waals surface area contributed by atoms with Crippen LogP contribution in [0.2, 0.25) is 0 Å². The van der Waals surface area contributed by atoms with Gasteiger partial charge in [-0.2, -0.15) is 0 Å². The third-order valence-corrected chi connectivity index (χ3v) is 10.9. The van der Waals surface area contributed by atoms with E-state index in [1.807, 2.05) is 45.2 Å². The van der Waals surface area contributed by atoms with E-state index in [1.54, 1.807) is 14.2 Å². The van der Waals surface area contributed by atoms with E-state index in [2.05, 4.69) is 77.8 Å². The second-order valence-electron chi connectivity index (χ2n) is 15.9. The fourth-order valence-electron chi connectivity index (χ4n) is 8.01. The zero-order valence-electron chi connectivity index (χ0n) is 33.0. The van der Waals surface area contributed by atoms with Crippen LogP contribution in [0.1, 0.15) is 77.3 Å². The number of rotatable bonds is 8. The van der Waals surface area contributed by atoms with E-state index in [4.69, 9.17) is 14.5 Å². The van der Waals surface area contributed by atoms with E-state index in [0.717, 1.165) is 56.7 Å². The molecule has 0 radical (unpaired) electrons. The number of benzene rings is 2. The molecular weight excluding hydrogens is 681 g/mol. The molecule has 4 atom stereocenters. The van der Waals surface area contributed by atoms with Gasteiger partial charge in [0.05, 0.1) is 30.1 Å². The smallest absolute Gasteiger partial charge is 0.324 e. The van der Waals surface area contributed by atoms with Crippen molar-refractivity contribution < 1.29 is 23.9 Å². The van der Waals surface area contributed by atoms with Crippen LogP contribution in [0, 0.1) is 11.3 Å². The molecule has 4 aromatic rings. The Kier molecular flexibility index (Phi) is 11.9. The summed E-state index contributed by atoms with van der Waals surface area (Å²) >= 11 is 0. The molecule has 0 aliphatic carbocycles. The number of aryl methyl sites for hydroxylation is 1. The summed E-state index contributed by atoms with van der Waals surface area (Å²) in [6, 6.07) is 16.9. The average molecular weight is 737 g/mol. The van der Waals surface area contributed by atoms with Crippen molar-refractivity contribution in [1.82, 2.24) is 30.6 Å². The van der Waals surface area contributed by atoms with Gasteiger partial charge in [-0.1, -0.05) is 58.0 Å². The van der Waals surface area contributed by atoms with Crippen molar-refractivity contribution >= 4 is 28.7 Å². The van der Waals surface area contributed by atoms with Crippen molar-refractivity contribution in [1.29, 1.82) is 0 Å². The lowest BCUT2D eigenvalue weighted by molar-refractivity contribution is -0.155. The van der Waals surface area contributed by atoms with Gasteiger partial charge in [0.1, 0.15) is 12.1 Å². The van der Waals surface area contributed by atoms with Crippen LogP contribution in [0.3, 0.4) is 0 Å². The number of esters is 1. The highest BCUT2D eigenvalue weighted by molar-refractivity contribution is 5.95. The van der Waals surface area contributed by atoms with Crippen LogP contribution in [0.25, 0.3) is 33.3 Å². The third-order valence-electron chi connectivity index (χ3n) is 10.9. The Morgan fingerprint density at radius 3 is 2.59 bits per heavy atom. The quantitative estimate of drug-likeness (QED) is 0.189. The average Bonchev–Trinajstić information content (AvgIpc) is 3.47. The number of hydrogen-bond acceptors (Lipinski definition) is 8. The maximum absolute atomic E-state index is 14.2. The van der Waals surface area contributed by atoms with Gasteiger partial charge >= 0.3 is 5.97 Å². The molecule has 2 amide bonds. The summed E-state index contributed by atoms with van der Waals surface area (Å²) < 4.78 is 14.2. The van der Waals surface area contributed by atoms with Crippen molar-refractivity contribution in [3.8, 4) is 22.4 Å². The number of aromatic nitrogens is 2. The minimum Gasteiger partial charge on any atom is -0.464 e. The monoisotopic (exact) mass is 736 g/mol. The lowest BCUT2D eigenvalue weighted by Crippen LogP contribution is -2.61. The van der Waals surface area contributed by atoms with Crippen molar-refractivity contribution in [2.24, 2.45) is 11.3 Å². The van der Waals surface area contributed by atoms with E-state index in [-0.39, 0.29) is 36.9 Å². The van der Waals surface area contributed by atoms with Gasteiger partial charge in [-0.15, -0.1) is 0 Å². The summed E-state index contributed by atoms with van der Waals surface area (Å²) in [5, 5.41) is 8.76. The topological polar surface area (TPSA) is 127 Å². The van der Waals surface area contributed by atoms with Crippen LogP contribution < -0.4 is 16.1 Å². The predicted octanol–water partition coefficient (Wildman–Crippen LogP) is 5.99. The summed E-state index contributed by atoms with van der Waals surface area (Å²) in [6.45, 7) is 13.7. The molecule has 11 nitrogen and oxygen atoms in total. The van der Waals surface area contributed by atoms with E-state index in [0.29, 0.717) is 25.8 Å². The number of amides is 2. The van der Waals surface area contributed by atoms with Crippen LogP contribution >= 0.6 is 0 Å². The lowest BCUT2D eigenvalue weighted by atomic mass is 9.84. The molecule has 11 heteroatoms. The number of methoxy groups -OCH3 is 1. The van der Waals surface area contributed by atoms with Gasteiger partial charge in [0.2, 0.25) is 5.91 Å². The highest BCUT2D eigenvalue weighted by Crippen LogP contribution is 2.42. The second kappa shape index (κ2) is 16.4. The summed E-state index contributed by atoms with van der Waals surface area (Å²) in [4.78, 5) is 46.3. The first-order chi connectivity index (χ1) is 25.8. The highest BCUT2D eigenvalue weighted by atomic mass is 16.5. The molecule has 54 heavy (non-hydrogen) atoms. The molecule has 1 unspecified atom stereocenters. The summed E-state index contributed by atoms with van der Waals surface area (Å²) in [5.41, 5.74) is 10.9. The molecule has 0 saturated carbocycles. The van der Waals surface area contributed by atoms with Crippen LogP contribution in [0.5, 0.6) is 0 Å². The minimum absolute atomic E-state index is 0.0140. The van der Waals surface area contributed by atoms with E-state index >= 15 is 0 Å². The number of ether oxygens (including phenoxy) is 2. The Labute approximate surface area is 319 Å². The number of nitrogens with zero attached hydrogens (tertiary/aromatic N) is 3. The minimum atomic E-state index is -0.860. The molecule has 2 aliphatic rings. The Morgan fingerprint density at radius 2 is 1.87 bits per heavy atom. The number of pyridine rings is 1. The van der Waals surface area contributed by atoms with E-state index < -0.39 is 29.5 Å². The Balaban J connectivity index is 1.52. The number of likely N-dealkylation sites (N-methyl/N-ethyl adjacent to an activating group) is 1. The lowest BCUT2D eigenvalue weighted by Gasteiger charge is -2.36. The van der Waals surface area contributed by atoms with Crippen molar-refractivity contribution in [2.75, 3.05) is 27.3 Å². The van der Waals surface area contributed by atoms with Gasteiger partial charge in [-0.3, -0.25) is 24.4 Å². The fraction of sp³-hybridized carbons (Fsp3) is 0.488. The Hall–Kier alpha value is -4.58. The van der Waals surface area contributed by atoms with Crippen LogP contribution in [0.4, 0.5) is 0 Å². The number of carbonyl (C=O) groups is 3. The number of hydrogen-bond donors (Lipinski definition) is 3. The summed E-state index contributed by atoms with van der Waals surface area (Å²) in [6.07, 6.45) is 3.66. The predicted molar refractivity (Wildman–Crippen MR) is 211 cm³/mol. The molecule has 4 heterocycles. The standard InChI is InChI=1S/C43H56N6O5/c1-9-48-36-18-17-30-23-32(36)33(39(48)31-15-11-19-45-38(31)27(4)53-8)24-43(5,6)25-54-42(52)34-16-12-20-49(47-34)41(51)35(22-28-13-10-14-29(30)21-28)46-40(50)37(44-7)26(2)3/h10-11,13-15,17-19,21,23,26-27,34-35,37,44,47H,9,12,16,20,22,24-25H2,1-8H3,(H,46,50)/t27-,34-,35-,37?/m0/s1. The van der Waals surface area contributed by atoms with Crippen molar-refractivity contribution in [2.45, 2.75) is 98.0 Å². The maximum Gasteiger partial charge on any atom is 0.324 e. The molecule has 0 spiro atoms. The first kappa shape index (κ1) is 39.1. The number of fused-ring (bicyclic) bond motifs is 6. The highest BCUT2D eigenvalue weighted by Gasteiger charge is 2.36. The van der Waals surface area contributed by atoms with Gasteiger partial charge in [0.15, 0.2) is 0 Å². The molecule has 6 bridgehead atoms. The van der Waals surface area contributed by atoms with Crippen molar-refractivity contribution in [3.05, 3.63) is 77.6 Å². The van der Waals surface area contributed by atoms with E-state index in [9.17, 15) is 14.4 Å². The molecule has 2 aromatic heterocycles. The molecule has 3 N–H and O–H groups in total. The van der Waals surface area contributed by atoms with Crippen LogP contribution in [0.15, 0.2) is 60.8 Å². The zero-order chi connectivity index (χ0) is 38.7. The molecule has 1 saturated heterocycles. The zero-order valence-corrected chi connectivity index (χ0v) is 33.0. The summed E-state index contributed by atoms with van der Waals surface area (Å²) in [7, 11) is 3.45. The maximum atomic E-state index is 14.2. The molecule has 1 fully saturated rings. The molecule has 2 aromatic carbocycles. The first-order valence-electron chi connectivity index (χ1n) is 19.3. The Bertz CT molecular complexity index is 2000. The molecule has 6 rings (SSSR count). The molecule has 288 valence electrons. The van der Waals surface area contributed by atoms with Gasteiger partial charge in [-0.05, 0) is 92.6 Å². The van der Waals surface area contributed by atoms with E-state index in [1.165, 1.54) is 5.01 Å². The number of cyclic esters (lactones) is 1. The van der Waals surface area contributed by atoms with Gasteiger partial charge in [0.25, 0.3) is 5.91 Å². The Morgan fingerprint density at radius 1 is 1.09 bits per heavy atom. The summed E-state index contributed by atoms with van der Waals surface area (Å²) in [5.74, 6) is -0.916. The van der Waals surface area contributed by atoms with Gasteiger partial charge < -0.3 is 24.7 Å². The normalized spacial score (nSPS) is 20.4. The SMILES string of the molecule is CCn1c(-c2cccnc2[C@H](C)OC)c2c3cc(ccc31)-c1cccc(c1)C[C@H](NC(=O)C(NC)C(C)C)C(=O)N1CCC[C@H](N1)C(=O)OCC(C)(C)C2. The molecular formula is C43H56N6O5. The number of carbonyl (C=O) groups excluding carboxylic acids is 3. The largest absolute Gasteiger partial charge is 0.464 e. The van der Waals surface area contributed by atoms with Crippen LogP contribution in [-0.2, 0) is 43.2 Å². The van der Waals surface area contributed by atoms with Gasteiger partial charge in [-0.25, -0.2) is 5.43 Å². The number of hydrazine groups is 1. The first-order valence-corrected chi connectivity index (χ1v) is 19.3. The number of nitrogens with one attached hydrogen (secondary N) is 3. The van der Waals surface area contributed by atoms with Crippen molar-refractivity contribution in [3.63, 3.8) is 0 Å². The van der Waals surface area contributed by atoms with Crippen LogP contribution in [-0.4, -0.2) is 77.8 Å². The fourth-order valence-corrected chi connectivity index (χ4v) is 8.01. The third kappa shape index (κ3) is 8.09. The second-order valence-corrected chi connectivity index (χ2v) is 15.9. The molecule has 2 aliphatic heterocycles. The van der Waals surface area contributed by atoms with Gasteiger partial charge in [0, 0.05) is 54.7 Å².